The lowest BCUT2D eigenvalue weighted by Crippen LogP contribution is -2.18. The number of nitrogens with zero attached hydrogens (tertiary/aromatic N) is 3. The van der Waals surface area contributed by atoms with Crippen molar-refractivity contribution in [2.24, 2.45) is 5.73 Å². The van der Waals surface area contributed by atoms with Crippen molar-refractivity contribution in [2.45, 2.75) is 45.3 Å². The Morgan fingerprint density at radius 1 is 1.35 bits per heavy atom. The zero-order chi connectivity index (χ0) is 23.3. The average Bonchev–Trinajstić information content (AvgIpc) is 3.09. The van der Waals surface area contributed by atoms with Crippen LogP contribution in [0.25, 0.3) is 11.1 Å². The molecule has 31 heavy (non-hydrogen) atoms. The minimum absolute atomic E-state index is 0.0782. The highest BCUT2D eigenvalue weighted by molar-refractivity contribution is 6.02. The molecule has 2 aromatic heterocycles. The Hall–Kier alpha value is -3.68. The summed E-state index contributed by atoms with van der Waals surface area (Å²) >= 11 is 0. The molecule has 1 unspecified atom stereocenters. The largest absolute Gasteiger partial charge is 0.451 e. The van der Waals surface area contributed by atoms with Gasteiger partial charge in [-0.25, -0.2) is 9.97 Å². The van der Waals surface area contributed by atoms with E-state index in [0.717, 1.165) is 12.4 Å². The number of nitriles is 1. The third kappa shape index (κ3) is 5.09. The molecule has 0 aromatic carbocycles. The Labute approximate surface area is 177 Å². The van der Waals surface area contributed by atoms with Crippen molar-refractivity contribution in [3.05, 3.63) is 46.9 Å². The van der Waals surface area contributed by atoms with E-state index < -0.39 is 23.8 Å². The van der Waals surface area contributed by atoms with Gasteiger partial charge >= 0.3 is 6.18 Å². The van der Waals surface area contributed by atoms with Gasteiger partial charge in [-0.2, -0.15) is 18.4 Å². The molecule has 0 saturated carbocycles. The lowest BCUT2D eigenvalue weighted by atomic mass is 9.90. The molecule has 2 heterocycles. The van der Waals surface area contributed by atoms with Crippen LogP contribution >= 0.6 is 0 Å². The predicted molar refractivity (Wildman–Crippen MR) is 111 cm³/mol. The molecule has 2 aromatic rings. The zero-order valence-corrected chi connectivity index (χ0v) is 17.2. The number of amidine groups is 1. The van der Waals surface area contributed by atoms with Gasteiger partial charge in [0.1, 0.15) is 11.9 Å². The van der Waals surface area contributed by atoms with Crippen molar-refractivity contribution >= 4 is 12.1 Å². The lowest BCUT2D eigenvalue weighted by molar-refractivity contribution is -0.144. The van der Waals surface area contributed by atoms with Crippen LogP contribution in [0.3, 0.4) is 0 Å². The Morgan fingerprint density at radius 2 is 1.97 bits per heavy atom. The molecule has 0 amide bonds. The number of nitrogen functional groups attached to an aromatic ring is 1. The van der Waals surface area contributed by atoms with E-state index >= 15 is 0 Å². The summed E-state index contributed by atoms with van der Waals surface area (Å²) in [5.74, 6) is -2.12. The van der Waals surface area contributed by atoms with E-state index in [-0.39, 0.29) is 28.4 Å². The number of halogens is 3. The van der Waals surface area contributed by atoms with Crippen LogP contribution in [-0.4, -0.2) is 33.0 Å². The first-order valence-corrected chi connectivity index (χ1v) is 9.41. The van der Waals surface area contributed by atoms with Crippen molar-refractivity contribution < 1.29 is 13.2 Å². The molecular formula is C20H23F3N8. The lowest BCUT2D eigenvalue weighted by Gasteiger charge is -2.17. The first-order chi connectivity index (χ1) is 14.5. The van der Waals surface area contributed by atoms with Gasteiger partial charge in [-0.3, -0.25) is 5.41 Å². The smallest absolute Gasteiger partial charge is 0.388 e. The van der Waals surface area contributed by atoms with Crippen molar-refractivity contribution in [3.8, 4) is 17.2 Å². The van der Waals surface area contributed by atoms with Gasteiger partial charge < -0.3 is 21.4 Å². The average molecular weight is 432 g/mol. The number of nitrogens with one attached hydrogen (secondary N) is 4. The van der Waals surface area contributed by atoms with Crippen LogP contribution in [0.5, 0.6) is 0 Å². The second-order valence-electron chi connectivity index (χ2n) is 7.05. The fourth-order valence-corrected chi connectivity index (χ4v) is 3.10. The van der Waals surface area contributed by atoms with E-state index in [2.05, 4.69) is 26.3 Å². The number of aromatic nitrogens is 3. The molecule has 0 bridgehead atoms. The van der Waals surface area contributed by atoms with Crippen LogP contribution in [0, 0.1) is 22.1 Å². The first kappa shape index (κ1) is 23.6. The van der Waals surface area contributed by atoms with Crippen LogP contribution in [0.1, 0.15) is 55.9 Å². The minimum atomic E-state index is -4.70. The minimum Gasteiger partial charge on any atom is -0.388 e. The van der Waals surface area contributed by atoms with Gasteiger partial charge in [0.2, 0.25) is 5.82 Å². The standard InChI is InChI=1S/C20H23F3N8/c1-4-13(11(5-24)7-28-10(2)3)16-14(6-25)15(17(31-16)18(26)27)12-8-29-19(30-9-12)20(21,22)23/h5,7-10,13,24,28,31H,4H2,1-3H3,(H3,26,27)/b11-7+,24-5?. The summed E-state index contributed by atoms with van der Waals surface area (Å²) in [7, 11) is 0. The number of hydrogen-bond donors (Lipinski definition) is 5. The summed E-state index contributed by atoms with van der Waals surface area (Å²) in [5, 5.41) is 28.6. The van der Waals surface area contributed by atoms with Crippen LogP contribution in [0.15, 0.2) is 24.2 Å². The van der Waals surface area contributed by atoms with Gasteiger partial charge in [-0.05, 0) is 25.8 Å². The summed E-state index contributed by atoms with van der Waals surface area (Å²) < 4.78 is 38.5. The van der Waals surface area contributed by atoms with Crippen molar-refractivity contribution in [2.75, 3.05) is 0 Å². The fraction of sp³-hybridized carbons (Fsp3) is 0.350. The SMILES string of the molecule is CCC(/C(C=N)=C/NC(C)C)c1[nH]c(C(=N)N)c(-c2cnc(C(F)(F)F)nc2)c1C#N. The van der Waals surface area contributed by atoms with E-state index in [1.165, 1.54) is 6.21 Å². The number of nitrogens with two attached hydrogens (primary N) is 1. The maximum atomic E-state index is 12.8. The quantitative estimate of drug-likeness (QED) is 0.318. The molecule has 1 atom stereocenters. The molecule has 0 aliphatic carbocycles. The van der Waals surface area contributed by atoms with Gasteiger partial charge in [0.05, 0.1) is 11.3 Å². The topological polar surface area (TPSA) is 151 Å². The van der Waals surface area contributed by atoms with Crippen LogP contribution in [0.2, 0.25) is 0 Å². The number of rotatable bonds is 8. The summed E-state index contributed by atoms with van der Waals surface area (Å²) in [6, 6.07) is 2.18. The van der Waals surface area contributed by atoms with E-state index in [1.54, 1.807) is 6.20 Å². The summed E-state index contributed by atoms with van der Waals surface area (Å²) in [4.78, 5) is 9.67. The molecule has 0 aliphatic heterocycles. The van der Waals surface area contributed by atoms with Crippen molar-refractivity contribution in [1.82, 2.24) is 20.3 Å². The summed E-state index contributed by atoms with van der Waals surface area (Å²) in [5.41, 5.74) is 7.13. The van der Waals surface area contributed by atoms with E-state index in [0.29, 0.717) is 17.7 Å². The first-order valence-electron chi connectivity index (χ1n) is 9.41. The molecule has 0 spiro atoms. The highest BCUT2D eigenvalue weighted by Gasteiger charge is 2.35. The van der Waals surface area contributed by atoms with Crippen LogP contribution < -0.4 is 11.1 Å². The zero-order valence-electron chi connectivity index (χ0n) is 17.2. The van der Waals surface area contributed by atoms with E-state index in [1.807, 2.05) is 20.8 Å². The second kappa shape index (κ2) is 9.42. The fourth-order valence-electron chi connectivity index (χ4n) is 3.10. The molecule has 164 valence electrons. The van der Waals surface area contributed by atoms with Gasteiger partial charge in [0.15, 0.2) is 0 Å². The van der Waals surface area contributed by atoms with Gasteiger partial charge in [-0.1, -0.05) is 6.92 Å². The molecule has 0 radical (unpaired) electrons. The number of H-pyrrole nitrogens is 1. The third-order valence-electron chi connectivity index (χ3n) is 4.51. The molecule has 0 saturated heterocycles. The predicted octanol–water partition coefficient (Wildman–Crippen LogP) is 3.67. The maximum Gasteiger partial charge on any atom is 0.451 e. The van der Waals surface area contributed by atoms with Gasteiger partial charge in [0, 0.05) is 53.6 Å². The summed E-state index contributed by atoms with van der Waals surface area (Å²) in [6.45, 7) is 5.74. The number of alkyl halides is 3. The monoisotopic (exact) mass is 432 g/mol. The molecule has 11 heteroatoms. The highest BCUT2D eigenvalue weighted by atomic mass is 19.4. The van der Waals surface area contributed by atoms with Crippen LogP contribution in [-0.2, 0) is 6.18 Å². The third-order valence-corrected chi connectivity index (χ3v) is 4.51. The second-order valence-corrected chi connectivity index (χ2v) is 7.05. The maximum absolute atomic E-state index is 12.8. The highest BCUT2D eigenvalue weighted by Crippen LogP contribution is 2.37. The van der Waals surface area contributed by atoms with Gasteiger partial charge in [-0.15, -0.1) is 0 Å². The van der Waals surface area contributed by atoms with Crippen LogP contribution in [0.4, 0.5) is 13.2 Å². The molecule has 0 fully saturated rings. The Bertz CT molecular complexity index is 1030. The molecule has 2 rings (SSSR count). The number of allylic oxidation sites excluding steroid dienone is 1. The molecule has 8 nitrogen and oxygen atoms in total. The van der Waals surface area contributed by atoms with Crippen molar-refractivity contribution in [3.63, 3.8) is 0 Å². The molecule has 6 N–H and O–H groups in total. The van der Waals surface area contributed by atoms with E-state index in [9.17, 15) is 18.4 Å². The van der Waals surface area contributed by atoms with Gasteiger partial charge in [0.25, 0.3) is 0 Å². The number of hydrogen-bond acceptors (Lipinski definition) is 6. The molecular weight excluding hydrogens is 409 g/mol. The Balaban J connectivity index is 2.70. The van der Waals surface area contributed by atoms with Crippen molar-refractivity contribution in [1.29, 1.82) is 16.1 Å². The normalized spacial score (nSPS) is 13.0. The Morgan fingerprint density at radius 3 is 2.39 bits per heavy atom. The van der Waals surface area contributed by atoms with E-state index in [4.69, 9.17) is 16.6 Å². The summed E-state index contributed by atoms with van der Waals surface area (Å²) in [6.07, 6.45) is 0.553. The molecule has 0 aliphatic rings. The Kier molecular flexibility index (Phi) is 7.17. The number of aromatic amines is 1.